The number of aliphatic carboxylic acids is 1. The van der Waals surface area contributed by atoms with Crippen LogP contribution >= 0.6 is 12.2 Å². The van der Waals surface area contributed by atoms with Gasteiger partial charge in [-0.3, -0.25) is 4.79 Å². The summed E-state index contributed by atoms with van der Waals surface area (Å²) in [7, 11) is 1.90. The van der Waals surface area contributed by atoms with E-state index in [-0.39, 0.29) is 0 Å². The predicted molar refractivity (Wildman–Crippen MR) is 80.1 cm³/mol. The van der Waals surface area contributed by atoms with Crippen molar-refractivity contribution in [2.24, 2.45) is 11.1 Å². The first-order valence-corrected chi connectivity index (χ1v) is 6.44. The highest BCUT2D eigenvalue weighted by Gasteiger charge is 2.28. The molecular formula is C14H20N2O2S. The van der Waals surface area contributed by atoms with Gasteiger partial charge in [0.05, 0.1) is 5.41 Å². The fourth-order valence-electron chi connectivity index (χ4n) is 1.93. The fraction of sp³-hybridized carbons (Fsp3) is 0.429. The number of hydrogen-bond donors (Lipinski definition) is 2. The van der Waals surface area contributed by atoms with Crippen molar-refractivity contribution >= 4 is 23.2 Å². The van der Waals surface area contributed by atoms with E-state index in [1.54, 1.807) is 13.8 Å². The summed E-state index contributed by atoms with van der Waals surface area (Å²) in [6, 6.07) is 7.69. The molecule has 104 valence electrons. The van der Waals surface area contributed by atoms with Gasteiger partial charge in [0.15, 0.2) is 0 Å². The van der Waals surface area contributed by atoms with Crippen LogP contribution in [0.5, 0.6) is 0 Å². The van der Waals surface area contributed by atoms with E-state index in [0.717, 1.165) is 11.1 Å². The summed E-state index contributed by atoms with van der Waals surface area (Å²) in [5, 5.41) is 9.11. The Bertz CT molecular complexity index is 486. The minimum absolute atomic E-state index is 0.371. The number of benzene rings is 1. The molecule has 0 aliphatic rings. The van der Waals surface area contributed by atoms with Crippen molar-refractivity contribution < 1.29 is 9.90 Å². The summed E-state index contributed by atoms with van der Waals surface area (Å²) >= 11 is 4.94. The third-order valence-electron chi connectivity index (χ3n) is 2.91. The molecular weight excluding hydrogens is 260 g/mol. The Balaban J connectivity index is 2.72. The maximum Gasteiger partial charge on any atom is 0.310 e. The van der Waals surface area contributed by atoms with E-state index >= 15 is 0 Å². The van der Waals surface area contributed by atoms with Gasteiger partial charge in [-0.05, 0) is 32.5 Å². The molecule has 0 atom stereocenters. The molecule has 5 heteroatoms. The molecule has 0 aliphatic heterocycles. The van der Waals surface area contributed by atoms with Crippen LogP contribution < -0.4 is 5.73 Å². The second-order valence-corrected chi connectivity index (χ2v) is 5.87. The molecule has 0 spiro atoms. The Morgan fingerprint density at radius 2 is 2.11 bits per heavy atom. The van der Waals surface area contributed by atoms with Crippen LogP contribution in [0.3, 0.4) is 0 Å². The molecule has 1 rings (SSSR count). The summed E-state index contributed by atoms with van der Waals surface area (Å²) in [6.45, 7) is 4.57. The lowest BCUT2D eigenvalue weighted by Gasteiger charge is -2.26. The van der Waals surface area contributed by atoms with Crippen molar-refractivity contribution in [2.75, 3.05) is 13.6 Å². The minimum atomic E-state index is -0.795. The van der Waals surface area contributed by atoms with E-state index in [0.29, 0.717) is 18.1 Å². The van der Waals surface area contributed by atoms with E-state index in [4.69, 9.17) is 23.1 Å². The van der Waals surface area contributed by atoms with E-state index < -0.39 is 11.4 Å². The first kappa shape index (κ1) is 15.6. The van der Waals surface area contributed by atoms with Crippen LogP contribution in [0.4, 0.5) is 0 Å². The number of thiocarbonyl (C=S) groups is 1. The average molecular weight is 280 g/mol. The number of nitrogens with zero attached hydrogens (tertiary/aromatic N) is 1. The first-order chi connectivity index (χ1) is 8.72. The van der Waals surface area contributed by atoms with Crippen LogP contribution in [-0.2, 0) is 11.3 Å². The molecule has 0 radical (unpaired) electrons. The van der Waals surface area contributed by atoms with Crippen LogP contribution in [0, 0.1) is 5.41 Å². The van der Waals surface area contributed by atoms with Crippen molar-refractivity contribution in [3.8, 4) is 0 Å². The largest absolute Gasteiger partial charge is 0.481 e. The highest BCUT2D eigenvalue weighted by molar-refractivity contribution is 7.80. The third-order valence-corrected chi connectivity index (χ3v) is 3.14. The van der Waals surface area contributed by atoms with Crippen LogP contribution in [-0.4, -0.2) is 34.6 Å². The molecule has 1 aromatic carbocycles. The molecule has 3 N–H and O–H groups in total. The third kappa shape index (κ3) is 4.61. The van der Waals surface area contributed by atoms with Gasteiger partial charge >= 0.3 is 5.97 Å². The molecule has 0 aromatic heterocycles. The van der Waals surface area contributed by atoms with E-state index in [2.05, 4.69) is 0 Å². The minimum Gasteiger partial charge on any atom is -0.481 e. The second kappa shape index (κ2) is 6.12. The van der Waals surface area contributed by atoms with Crippen LogP contribution in [0.1, 0.15) is 25.0 Å². The first-order valence-electron chi connectivity index (χ1n) is 6.03. The van der Waals surface area contributed by atoms with Gasteiger partial charge < -0.3 is 15.7 Å². The molecule has 0 unspecified atom stereocenters. The smallest absolute Gasteiger partial charge is 0.310 e. The highest BCUT2D eigenvalue weighted by Crippen LogP contribution is 2.18. The monoisotopic (exact) mass is 280 g/mol. The molecule has 0 amide bonds. The van der Waals surface area contributed by atoms with E-state index in [1.165, 1.54) is 0 Å². The van der Waals surface area contributed by atoms with Crippen molar-refractivity contribution in [3.63, 3.8) is 0 Å². The van der Waals surface area contributed by atoms with Gasteiger partial charge in [0.2, 0.25) is 0 Å². The van der Waals surface area contributed by atoms with Gasteiger partial charge in [-0.15, -0.1) is 0 Å². The molecule has 1 aromatic rings. The summed E-state index contributed by atoms with van der Waals surface area (Å²) in [5.41, 5.74) is 6.72. The topological polar surface area (TPSA) is 66.6 Å². The lowest BCUT2D eigenvalue weighted by molar-refractivity contribution is -0.147. The Labute approximate surface area is 119 Å². The molecule has 0 saturated heterocycles. The number of carbonyl (C=O) groups is 1. The normalized spacial score (nSPS) is 11.6. The number of carboxylic acid groups (broad SMARTS) is 1. The van der Waals surface area contributed by atoms with Crippen LogP contribution in [0.2, 0.25) is 0 Å². The van der Waals surface area contributed by atoms with Crippen molar-refractivity contribution in [1.29, 1.82) is 0 Å². The Hall–Kier alpha value is -1.46. The molecule has 0 heterocycles. The Morgan fingerprint density at radius 3 is 2.63 bits per heavy atom. The lowest BCUT2D eigenvalue weighted by atomic mass is 9.93. The lowest BCUT2D eigenvalue weighted by Crippen LogP contribution is -2.36. The zero-order valence-corrected chi connectivity index (χ0v) is 12.3. The van der Waals surface area contributed by atoms with Gasteiger partial charge in [0.1, 0.15) is 4.99 Å². The van der Waals surface area contributed by atoms with Gasteiger partial charge in [-0.1, -0.05) is 30.4 Å². The predicted octanol–water partition coefficient (Wildman–Crippen LogP) is 1.86. The van der Waals surface area contributed by atoms with Crippen molar-refractivity contribution in [1.82, 2.24) is 4.90 Å². The standard InChI is InChI=1S/C14H20N2O2S/c1-14(2,13(17)18)9-16(3)8-10-5-4-6-11(7-10)12(15)19/h4-7H,8-9H2,1-3H3,(H2,15,19)(H,17,18). The van der Waals surface area contributed by atoms with Crippen molar-refractivity contribution in [2.45, 2.75) is 20.4 Å². The maximum atomic E-state index is 11.1. The van der Waals surface area contributed by atoms with Gasteiger partial charge in [0, 0.05) is 18.7 Å². The Morgan fingerprint density at radius 1 is 1.47 bits per heavy atom. The SMILES string of the molecule is CN(Cc1cccc(C(N)=S)c1)CC(C)(C)C(=O)O. The van der Waals surface area contributed by atoms with Gasteiger partial charge in [-0.2, -0.15) is 0 Å². The number of hydrogen-bond acceptors (Lipinski definition) is 3. The zero-order chi connectivity index (χ0) is 14.6. The molecule has 0 saturated carbocycles. The molecule has 0 fully saturated rings. The second-order valence-electron chi connectivity index (χ2n) is 5.43. The maximum absolute atomic E-state index is 11.1. The quantitative estimate of drug-likeness (QED) is 0.779. The summed E-state index contributed by atoms with van der Waals surface area (Å²) < 4.78 is 0. The van der Waals surface area contributed by atoms with Crippen LogP contribution in [0.15, 0.2) is 24.3 Å². The van der Waals surface area contributed by atoms with Gasteiger partial charge in [-0.25, -0.2) is 0 Å². The summed E-state index contributed by atoms with van der Waals surface area (Å²) in [5.74, 6) is -0.795. The highest BCUT2D eigenvalue weighted by atomic mass is 32.1. The number of rotatable bonds is 6. The van der Waals surface area contributed by atoms with E-state index in [1.807, 2.05) is 36.2 Å². The number of carboxylic acids is 1. The Kier molecular flexibility index (Phi) is 5.03. The average Bonchev–Trinajstić information content (AvgIpc) is 2.28. The van der Waals surface area contributed by atoms with Crippen LogP contribution in [0.25, 0.3) is 0 Å². The molecule has 4 nitrogen and oxygen atoms in total. The molecule has 0 aliphatic carbocycles. The van der Waals surface area contributed by atoms with Crippen molar-refractivity contribution in [3.05, 3.63) is 35.4 Å². The fourth-order valence-corrected chi connectivity index (χ4v) is 2.06. The summed E-state index contributed by atoms with van der Waals surface area (Å²) in [4.78, 5) is 13.4. The number of nitrogens with two attached hydrogens (primary N) is 1. The molecule has 19 heavy (non-hydrogen) atoms. The zero-order valence-electron chi connectivity index (χ0n) is 11.5. The van der Waals surface area contributed by atoms with Gasteiger partial charge in [0.25, 0.3) is 0 Å². The summed E-state index contributed by atoms with van der Waals surface area (Å²) in [6.07, 6.45) is 0. The van der Waals surface area contributed by atoms with E-state index in [9.17, 15) is 4.79 Å². The molecule has 0 bridgehead atoms.